The van der Waals surface area contributed by atoms with Crippen molar-refractivity contribution in [1.29, 1.82) is 0 Å². The number of benzene rings is 1. The molecule has 0 atom stereocenters. The van der Waals surface area contributed by atoms with Gasteiger partial charge in [0.2, 0.25) is 0 Å². The Morgan fingerprint density at radius 3 is 2.43 bits per heavy atom. The summed E-state index contributed by atoms with van der Waals surface area (Å²) in [5.41, 5.74) is 0.852. The molecule has 1 aliphatic rings. The van der Waals surface area contributed by atoms with Crippen LogP contribution < -0.4 is 4.90 Å². The summed E-state index contributed by atoms with van der Waals surface area (Å²) >= 11 is 0. The number of aryl methyl sites for hydroxylation is 2. The second kappa shape index (κ2) is 7.55. The minimum atomic E-state index is -4.38. The second-order valence-electron chi connectivity index (χ2n) is 7.28. The molecule has 0 radical (unpaired) electrons. The number of piperazine rings is 1. The van der Waals surface area contributed by atoms with E-state index in [0.29, 0.717) is 49.0 Å². The first-order valence-corrected chi connectivity index (χ1v) is 9.55. The van der Waals surface area contributed by atoms with E-state index < -0.39 is 11.7 Å². The molecule has 1 aromatic carbocycles. The molecule has 0 bridgehead atoms. The van der Waals surface area contributed by atoms with Crippen LogP contribution in [-0.4, -0.2) is 46.8 Å². The van der Waals surface area contributed by atoms with Gasteiger partial charge in [-0.25, -0.2) is 0 Å². The lowest BCUT2D eigenvalue weighted by atomic mass is 10.1. The van der Waals surface area contributed by atoms with Crippen LogP contribution in [0, 0.1) is 6.92 Å². The Labute approximate surface area is 171 Å². The van der Waals surface area contributed by atoms with Crippen LogP contribution in [0.2, 0.25) is 0 Å². The summed E-state index contributed by atoms with van der Waals surface area (Å²) < 4.78 is 46.0. The molecule has 1 fully saturated rings. The number of hydrogen-bond acceptors (Lipinski definition) is 4. The molecule has 0 aliphatic carbocycles. The Bertz CT molecular complexity index is 1060. The molecule has 3 heterocycles. The van der Waals surface area contributed by atoms with Gasteiger partial charge in [0.25, 0.3) is 5.91 Å². The molecule has 0 saturated carbocycles. The van der Waals surface area contributed by atoms with E-state index >= 15 is 0 Å². The fraction of sp³-hybridized carbons (Fsp3) is 0.333. The van der Waals surface area contributed by atoms with Crippen molar-refractivity contribution in [3.05, 3.63) is 59.5 Å². The van der Waals surface area contributed by atoms with Gasteiger partial charge in [-0.2, -0.15) is 18.3 Å². The number of hydrogen-bond donors (Lipinski definition) is 0. The standard InChI is InChI=1S/C21H21F3N4O2/c1-14-6-7-19(30-14)17-13-18(26(2)25-17)20(29)28-10-8-27(9-11-28)16-5-3-4-15(12-16)21(22,23)24/h3-7,12-13H,8-11H2,1-2H3. The van der Waals surface area contributed by atoms with Crippen molar-refractivity contribution < 1.29 is 22.4 Å². The SMILES string of the molecule is Cc1ccc(-c2cc(C(=O)N3CCN(c4cccc(C(F)(F)F)c4)CC3)n(C)n2)o1. The zero-order chi connectivity index (χ0) is 21.5. The zero-order valence-electron chi connectivity index (χ0n) is 16.6. The molecular weight excluding hydrogens is 397 g/mol. The molecule has 6 nitrogen and oxygen atoms in total. The molecule has 1 aliphatic heterocycles. The molecule has 1 amide bonds. The van der Waals surface area contributed by atoms with Gasteiger partial charge in [0.05, 0.1) is 5.56 Å². The molecule has 30 heavy (non-hydrogen) atoms. The van der Waals surface area contributed by atoms with E-state index in [0.717, 1.165) is 17.9 Å². The largest absolute Gasteiger partial charge is 0.460 e. The number of anilines is 1. The number of nitrogens with zero attached hydrogens (tertiary/aromatic N) is 4. The van der Waals surface area contributed by atoms with E-state index in [1.165, 1.54) is 10.7 Å². The number of amides is 1. The number of rotatable bonds is 3. The highest BCUT2D eigenvalue weighted by molar-refractivity contribution is 5.93. The minimum Gasteiger partial charge on any atom is -0.460 e. The third kappa shape index (κ3) is 3.92. The molecule has 158 valence electrons. The summed E-state index contributed by atoms with van der Waals surface area (Å²) in [5.74, 6) is 1.19. The molecule has 3 aromatic rings. The number of alkyl halides is 3. The van der Waals surface area contributed by atoms with E-state index in [1.54, 1.807) is 30.1 Å². The number of furan rings is 1. The average Bonchev–Trinajstić information content (AvgIpc) is 3.32. The van der Waals surface area contributed by atoms with Crippen molar-refractivity contribution in [1.82, 2.24) is 14.7 Å². The summed E-state index contributed by atoms with van der Waals surface area (Å²) in [6, 6.07) is 10.6. The quantitative estimate of drug-likeness (QED) is 0.646. The van der Waals surface area contributed by atoms with Gasteiger partial charge in [-0.3, -0.25) is 9.48 Å². The summed E-state index contributed by atoms with van der Waals surface area (Å²) in [7, 11) is 1.70. The van der Waals surface area contributed by atoms with Gasteiger partial charge in [0.1, 0.15) is 17.1 Å². The van der Waals surface area contributed by atoms with Crippen LogP contribution >= 0.6 is 0 Å². The lowest BCUT2D eigenvalue weighted by Gasteiger charge is -2.36. The Balaban J connectivity index is 1.45. The van der Waals surface area contributed by atoms with Gasteiger partial charge in [-0.15, -0.1) is 0 Å². The van der Waals surface area contributed by atoms with Gasteiger partial charge >= 0.3 is 6.18 Å². The Kier molecular flexibility index (Phi) is 5.05. The maximum absolute atomic E-state index is 13.0. The maximum Gasteiger partial charge on any atom is 0.416 e. The summed E-state index contributed by atoms with van der Waals surface area (Å²) in [6.07, 6.45) is -4.38. The highest BCUT2D eigenvalue weighted by atomic mass is 19.4. The summed E-state index contributed by atoms with van der Waals surface area (Å²) in [4.78, 5) is 16.5. The molecule has 1 saturated heterocycles. The Morgan fingerprint density at radius 2 is 1.80 bits per heavy atom. The number of aromatic nitrogens is 2. The van der Waals surface area contributed by atoms with E-state index in [2.05, 4.69) is 5.10 Å². The van der Waals surface area contributed by atoms with Crippen molar-refractivity contribution >= 4 is 11.6 Å². The van der Waals surface area contributed by atoms with Crippen LogP contribution in [0.3, 0.4) is 0 Å². The Morgan fingerprint density at radius 1 is 1.07 bits per heavy atom. The molecule has 2 aromatic heterocycles. The first kappa shape index (κ1) is 20.1. The van der Waals surface area contributed by atoms with Crippen LogP contribution in [-0.2, 0) is 13.2 Å². The maximum atomic E-state index is 13.0. The fourth-order valence-corrected chi connectivity index (χ4v) is 3.57. The number of carbonyl (C=O) groups is 1. The van der Waals surface area contributed by atoms with Crippen molar-refractivity contribution in [3.8, 4) is 11.5 Å². The lowest BCUT2D eigenvalue weighted by molar-refractivity contribution is -0.137. The number of carbonyl (C=O) groups excluding carboxylic acids is 1. The van der Waals surface area contributed by atoms with Crippen LogP contribution in [0.15, 0.2) is 46.9 Å². The highest BCUT2D eigenvalue weighted by Gasteiger charge is 2.31. The van der Waals surface area contributed by atoms with E-state index in [1.807, 2.05) is 17.9 Å². The highest BCUT2D eigenvalue weighted by Crippen LogP contribution is 2.32. The molecule has 9 heteroatoms. The Hall–Kier alpha value is -3.23. The van der Waals surface area contributed by atoms with Crippen molar-refractivity contribution in [3.63, 3.8) is 0 Å². The zero-order valence-corrected chi connectivity index (χ0v) is 16.6. The van der Waals surface area contributed by atoms with E-state index in [-0.39, 0.29) is 5.91 Å². The molecule has 0 unspecified atom stereocenters. The summed E-state index contributed by atoms with van der Waals surface area (Å²) in [5, 5.41) is 4.36. The first-order valence-electron chi connectivity index (χ1n) is 9.55. The lowest BCUT2D eigenvalue weighted by Crippen LogP contribution is -2.49. The molecule has 0 N–H and O–H groups in total. The van der Waals surface area contributed by atoms with Gasteiger partial charge in [0, 0.05) is 45.0 Å². The van der Waals surface area contributed by atoms with Gasteiger partial charge in [0.15, 0.2) is 5.76 Å². The first-order chi connectivity index (χ1) is 14.2. The van der Waals surface area contributed by atoms with Gasteiger partial charge < -0.3 is 14.2 Å². The third-order valence-electron chi connectivity index (χ3n) is 5.20. The topological polar surface area (TPSA) is 54.5 Å². The molecule has 4 rings (SSSR count). The van der Waals surface area contributed by atoms with Crippen molar-refractivity contribution in [2.24, 2.45) is 7.05 Å². The van der Waals surface area contributed by atoms with Crippen LogP contribution in [0.5, 0.6) is 0 Å². The molecular formula is C21H21F3N4O2. The van der Waals surface area contributed by atoms with Crippen molar-refractivity contribution in [2.75, 3.05) is 31.1 Å². The van der Waals surface area contributed by atoms with Crippen LogP contribution in [0.25, 0.3) is 11.5 Å². The summed E-state index contributed by atoms with van der Waals surface area (Å²) in [6.45, 7) is 3.57. The molecule has 0 spiro atoms. The fourth-order valence-electron chi connectivity index (χ4n) is 3.57. The smallest absolute Gasteiger partial charge is 0.416 e. The monoisotopic (exact) mass is 418 g/mol. The third-order valence-corrected chi connectivity index (χ3v) is 5.20. The van der Waals surface area contributed by atoms with Crippen LogP contribution in [0.4, 0.5) is 18.9 Å². The normalized spacial score (nSPS) is 15.0. The van der Waals surface area contributed by atoms with Gasteiger partial charge in [-0.1, -0.05) is 6.07 Å². The number of halogens is 3. The van der Waals surface area contributed by atoms with Crippen molar-refractivity contribution in [2.45, 2.75) is 13.1 Å². The minimum absolute atomic E-state index is 0.164. The van der Waals surface area contributed by atoms with Crippen LogP contribution in [0.1, 0.15) is 21.8 Å². The predicted molar refractivity (Wildman–Crippen MR) is 105 cm³/mol. The second-order valence-corrected chi connectivity index (χ2v) is 7.28. The average molecular weight is 418 g/mol. The predicted octanol–water partition coefficient (Wildman–Crippen LogP) is 3.97. The van der Waals surface area contributed by atoms with E-state index in [4.69, 9.17) is 4.42 Å². The van der Waals surface area contributed by atoms with E-state index in [9.17, 15) is 18.0 Å². The van der Waals surface area contributed by atoms with Gasteiger partial charge in [-0.05, 0) is 37.3 Å².